The van der Waals surface area contributed by atoms with Gasteiger partial charge < -0.3 is 10.2 Å². The minimum atomic E-state index is -0.435. The summed E-state index contributed by atoms with van der Waals surface area (Å²) in [5.41, 5.74) is 2.41. The maximum atomic E-state index is 12.8. The maximum absolute atomic E-state index is 12.8. The number of aromatic nitrogens is 7. The van der Waals surface area contributed by atoms with Crippen LogP contribution in [0.15, 0.2) is 43.0 Å². The average Bonchev–Trinajstić information content (AvgIpc) is 3.39. The van der Waals surface area contributed by atoms with Crippen molar-refractivity contribution in [1.29, 1.82) is 0 Å². The number of anilines is 2. The Kier molecular flexibility index (Phi) is 7.26. The Morgan fingerprint density at radius 1 is 1.16 bits per heavy atom. The Morgan fingerprint density at radius 2 is 2.00 bits per heavy atom. The molecule has 11 nitrogen and oxygen atoms in total. The Hall–Kier alpha value is -4.06. The highest BCUT2D eigenvalue weighted by Gasteiger charge is 2.23. The third kappa shape index (κ3) is 5.85. The topological polar surface area (TPSA) is 127 Å². The lowest BCUT2D eigenvalue weighted by Crippen LogP contribution is -2.36. The summed E-state index contributed by atoms with van der Waals surface area (Å²) in [6, 6.07) is 6.11. The molecule has 5 rings (SSSR count). The quantitative estimate of drug-likeness (QED) is 0.371. The van der Waals surface area contributed by atoms with Crippen molar-refractivity contribution < 1.29 is 9.18 Å². The monoisotopic (exact) mass is 504 g/mol. The molecule has 2 N–H and O–H groups in total. The standard InChI is InChI=1S/C25H29FN10O/c1-16(2)29-23-14-27-13-21(30-23)17-3-4-18-12-28-25(31-20(18)11-17)32-24(37)22-15-36(34-33-22)19-5-8-35(9-6-19)10-7-26/h3-4,11-16,19H,5-10H2,1-2H3,(H,29,30)(H,28,31,32,37). The van der Waals surface area contributed by atoms with Crippen molar-refractivity contribution in [3.05, 3.63) is 48.7 Å². The molecule has 0 unspecified atom stereocenters. The van der Waals surface area contributed by atoms with E-state index in [2.05, 4.69) is 45.8 Å². The van der Waals surface area contributed by atoms with E-state index in [1.54, 1.807) is 29.5 Å². The number of carbonyl (C=O) groups is 1. The van der Waals surface area contributed by atoms with E-state index in [1.807, 2.05) is 32.0 Å². The van der Waals surface area contributed by atoms with Gasteiger partial charge in [-0.25, -0.2) is 24.0 Å². The second-order valence-electron chi connectivity index (χ2n) is 9.36. The lowest BCUT2D eigenvalue weighted by Gasteiger charge is -2.30. The molecule has 0 bridgehead atoms. The van der Waals surface area contributed by atoms with Gasteiger partial charge in [-0.2, -0.15) is 0 Å². The first-order chi connectivity index (χ1) is 18.0. The van der Waals surface area contributed by atoms with Crippen LogP contribution in [0.5, 0.6) is 0 Å². The average molecular weight is 505 g/mol. The number of nitrogens with one attached hydrogen (secondary N) is 2. The van der Waals surface area contributed by atoms with Crippen LogP contribution >= 0.6 is 0 Å². The molecule has 4 aromatic rings. The van der Waals surface area contributed by atoms with E-state index in [4.69, 9.17) is 0 Å². The molecule has 1 aliphatic heterocycles. The minimum Gasteiger partial charge on any atom is -0.367 e. The van der Waals surface area contributed by atoms with E-state index < -0.39 is 5.91 Å². The van der Waals surface area contributed by atoms with Crippen molar-refractivity contribution in [2.24, 2.45) is 0 Å². The van der Waals surface area contributed by atoms with Crippen molar-refractivity contribution >= 4 is 28.6 Å². The SMILES string of the molecule is CC(C)Nc1cncc(-c2ccc3cnc(NC(=O)c4cn(C5CCN(CCF)CC5)nn4)nc3c2)n1. The molecule has 0 spiro atoms. The van der Waals surface area contributed by atoms with E-state index in [0.29, 0.717) is 23.6 Å². The molecule has 0 aliphatic carbocycles. The molecule has 0 radical (unpaired) electrons. The van der Waals surface area contributed by atoms with E-state index in [0.717, 1.165) is 36.9 Å². The smallest absolute Gasteiger partial charge is 0.280 e. The Morgan fingerprint density at radius 3 is 2.78 bits per heavy atom. The number of hydrogen-bond donors (Lipinski definition) is 2. The molecule has 1 aromatic carbocycles. The fourth-order valence-corrected chi connectivity index (χ4v) is 4.37. The van der Waals surface area contributed by atoms with Crippen molar-refractivity contribution in [1.82, 2.24) is 39.8 Å². The fraction of sp³-hybridized carbons (Fsp3) is 0.400. The van der Waals surface area contributed by atoms with Gasteiger partial charge in [0.25, 0.3) is 5.91 Å². The van der Waals surface area contributed by atoms with E-state index in [-0.39, 0.29) is 30.4 Å². The molecule has 1 amide bonds. The molecule has 1 aliphatic rings. The highest BCUT2D eigenvalue weighted by molar-refractivity contribution is 6.02. The highest BCUT2D eigenvalue weighted by Crippen LogP contribution is 2.24. The van der Waals surface area contributed by atoms with E-state index >= 15 is 0 Å². The van der Waals surface area contributed by atoms with Gasteiger partial charge in [-0.1, -0.05) is 17.3 Å². The molecular weight excluding hydrogens is 475 g/mol. The number of hydrogen-bond acceptors (Lipinski definition) is 9. The molecule has 1 fully saturated rings. The van der Waals surface area contributed by atoms with Gasteiger partial charge in [0, 0.05) is 42.8 Å². The second kappa shape index (κ2) is 10.9. The highest BCUT2D eigenvalue weighted by atomic mass is 19.1. The Balaban J connectivity index is 1.28. The zero-order valence-corrected chi connectivity index (χ0v) is 20.8. The maximum Gasteiger partial charge on any atom is 0.280 e. The molecule has 0 atom stereocenters. The zero-order chi connectivity index (χ0) is 25.8. The van der Waals surface area contributed by atoms with Gasteiger partial charge >= 0.3 is 0 Å². The van der Waals surface area contributed by atoms with Crippen LogP contribution in [0.3, 0.4) is 0 Å². The summed E-state index contributed by atoms with van der Waals surface area (Å²) in [5, 5.41) is 15.0. The summed E-state index contributed by atoms with van der Waals surface area (Å²) in [7, 11) is 0. The first-order valence-corrected chi connectivity index (χ1v) is 12.4. The Labute approximate surface area is 213 Å². The van der Waals surface area contributed by atoms with Crippen LogP contribution in [0.1, 0.15) is 43.2 Å². The number of likely N-dealkylation sites (tertiary alicyclic amines) is 1. The largest absolute Gasteiger partial charge is 0.367 e. The van der Waals surface area contributed by atoms with Crippen LogP contribution in [0.25, 0.3) is 22.2 Å². The first-order valence-electron chi connectivity index (χ1n) is 12.4. The lowest BCUT2D eigenvalue weighted by atomic mass is 10.1. The summed E-state index contributed by atoms with van der Waals surface area (Å²) in [6.45, 7) is 5.79. The molecule has 4 heterocycles. The van der Waals surface area contributed by atoms with E-state index in [9.17, 15) is 9.18 Å². The predicted molar refractivity (Wildman–Crippen MR) is 138 cm³/mol. The van der Waals surface area contributed by atoms with Crippen molar-refractivity contribution in [2.45, 2.75) is 38.8 Å². The first kappa shape index (κ1) is 24.6. The summed E-state index contributed by atoms with van der Waals surface area (Å²) in [6.07, 6.45) is 8.35. The third-order valence-corrected chi connectivity index (χ3v) is 6.25. The van der Waals surface area contributed by atoms with Gasteiger partial charge in [-0.15, -0.1) is 5.10 Å². The van der Waals surface area contributed by atoms with Crippen LogP contribution in [-0.4, -0.2) is 78.1 Å². The van der Waals surface area contributed by atoms with Gasteiger partial charge in [0.05, 0.1) is 35.8 Å². The van der Waals surface area contributed by atoms with Gasteiger partial charge in [0.15, 0.2) is 5.69 Å². The number of halogens is 1. The molecule has 12 heteroatoms. The van der Waals surface area contributed by atoms with Crippen molar-refractivity contribution in [2.75, 3.05) is 36.9 Å². The summed E-state index contributed by atoms with van der Waals surface area (Å²) in [5.74, 6) is 0.432. The predicted octanol–water partition coefficient (Wildman–Crippen LogP) is 3.36. The van der Waals surface area contributed by atoms with Gasteiger partial charge in [-0.05, 0) is 32.8 Å². The number of rotatable bonds is 8. The number of carbonyl (C=O) groups excluding carboxylic acids is 1. The van der Waals surface area contributed by atoms with Crippen LogP contribution < -0.4 is 10.6 Å². The second-order valence-corrected chi connectivity index (χ2v) is 9.36. The van der Waals surface area contributed by atoms with Crippen molar-refractivity contribution in [3.63, 3.8) is 0 Å². The van der Waals surface area contributed by atoms with Crippen LogP contribution in [-0.2, 0) is 0 Å². The van der Waals surface area contributed by atoms with Gasteiger partial charge in [0.1, 0.15) is 12.5 Å². The molecular formula is C25H29FN10O. The molecule has 192 valence electrons. The molecule has 3 aromatic heterocycles. The number of piperidine rings is 1. The molecule has 0 saturated carbocycles. The van der Waals surface area contributed by atoms with Crippen LogP contribution in [0.4, 0.5) is 16.2 Å². The normalized spacial score (nSPS) is 14.8. The molecule has 37 heavy (non-hydrogen) atoms. The van der Waals surface area contributed by atoms with Crippen LogP contribution in [0.2, 0.25) is 0 Å². The van der Waals surface area contributed by atoms with Crippen LogP contribution in [0, 0.1) is 0 Å². The number of nitrogens with zero attached hydrogens (tertiary/aromatic N) is 8. The summed E-state index contributed by atoms with van der Waals surface area (Å²) in [4.78, 5) is 32.6. The third-order valence-electron chi connectivity index (χ3n) is 6.25. The Bertz CT molecular complexity index is 1380. The van der Waals surface area contributed by atoms with E-state index in [1.165, 1.54) is 0 Å². The summed E-state index contributed by atoms with van der Waals surface area (Å²) < 4.78 is 14.3. The number of alkyl halides is 1. The number of fused-ring (bicyclic) bond motifs is 1. The van der Waals surface area contributed by atoms with Gasteiger partial charge in [0.2, 0.25) is 5.95 Å². The number of amides is 1. The van der Waals surface area contributed by atoms with Crippen molar-refractivity contribution in [3.8, 4) is 11.3 Å². The lowest BCUT2D eigenvalue weighted by molar-refractivity contribution is 0.102. The zero-order valence-electron chi connectivity index (χ0n) is 20.8. The number of benzene rings is 1. The minimum absolute atomic E-state index is 0.137. The van der Waals surface area contributed by atoms with Gasteiger partial charge in [-0.3, -0.25) is 15.1 Å². The fourth-order valence-electron chi connectivity index (χ4n) is 4.37. The molecule has 1 saturated heterocycles. The summed E-state index contributed by atoms with van der Waals surface area (Å²) >= 11 is 0.